The van der Waals surface area contributed by atoms with Crippen LogP contribution in [0.1, 0.15) is 78.1 Å². The van der Waals surface area contributed by atoms with Gasteiger partial charge < -0.3 is 9.84 Å². The number of esters is 1. The maximum absolute atomic E-state index is 12.9. The number of ether oxygens (including phenoxy) is 1. The SMILES string of the molecule is CCCCCCc1ccc(C(=O)OC2=CC(Cl)(c3cccc4c3CCCC4)C(C(=O)O)C=C2)cc1. The molecule has 2 unspecified atom stereocenters. The third-order valence-corrected chi connectivity index (χ3v) is 7.60. The minimum Gasteiger partial charge on any atom is -0.481 e. The summed E-state index contributed by atoms with van der Waals surface area (Å²) < 4.78 is 5.68. The van der Waals surface area contributed by atoms with E-state index in [1.807, 2.05) is 24.3 Å². The summed E-state index contributed by atoms with van der Waals surface area (Å²) in [5, 5.41) is 9.93. The Labute approximate surface area is 212 Å². The van der Waals surface area contributed by atoms with Crippen LogP contribution in [0.4, 0.5) is 0 Å². The summed E-state index contributed by atoms with van der Waals surface area (Å²) in [6.45, 7) is 2.20. The molecule has 0 amide bonds. The summed E-state index contributed by atoms with van der Waals surface area (Å²) in [6.07, 6.45) is 14.4. The summed E-state index contributed by atoms with van der Waals surface area (Å²) in [5.74, 6) is -2.20. The maximum Gasteiger partial charge on any atom is 0.343 e. The normalized spacial score (nSPS) is 21.2. The number of rotatable bonds is 9. The van der Waals surface area contributed by atoms with Crippen molar-refractivity contribution in [2.24, 2.45) is 5.92 Å². The van der Waals surface area contributed by atoms with Crippen LogP contribution in [0.2, 0.25) is 0 Å². The van der Waals surface area contributed by atoms with Crippen LogP contribution in [-0.4, -0.2) is 17.0 Å². The molecule has 0 saturated carbocycles. The molecule has 2 aliphatic carbocycles. The van der Waals surface area contributed by atoms with E-state index < -0.39 is 22.7 Å². The largest absolute Gasteiger partial charge is 0.481 e. The number of carbonyl (C=O) groups is 2. The van der Waals surface area contributed by atoms with Gasteiger partial charge in [0.1, 0.15) is 16.6 Å². The van der Waals surface area contributed by atoms with Gasteiger partial charge in [0.15, 0.2) is 0 Å². The van der Waals surface area contributed by atoms with Gasteiger partial charge in [0.05, 0.1) is 5.56 Å². The molecule has 0 aromatic heterocycles. The summed E-state index contributed by atoms with van der Waals surface area (Å²) in [7, 11) is 0. The maximum atomic E-state index is 12.9. The van der Waals surface area contributed by atoms with Crippen molar-refractivity contribution in [2.75, 3.05) is 0 Å². The second-order valence-electron chi connectivity index (χ2n) is 9.54. The fourth-order valence-electron chi connectivity index (χ4n) is 5.12. The zero-order valence-corrected chi connectivity index (χ0v) is 21.0. The van der Waals surface area contributed by atoms with Gasteiger partial charge in [-0.15, -0.1) is 11.6 Å². The Hall–Kier alpha value is -2.85. The van der Waals surface area contributed by atoms with E-state index in [-0.39, 0.29) is 5.76 Å². The molecule has 1 N–H and O–H groups in total. The molecule has 0 radical (unpaired) electrons. The first-order valence-electron chi connectivity index (χ1n) is 12.7. The van der Waals surface area contributed by atoms with Gasteiger partial charge in [-0.1, -0.05) is 62.6 Å². The smallest absolute Gasteiger partial charge is 0.343 e. The van der Waals surface area contributed by atoms with Crippen molar-refractivity contribution in [3.8, 4) is 0 Å². The van der Waals surface area contributed by atoms with Crippen molar-refractivity contribution >= 4 is 23.5 Å². The second kappa shape index (κ2) is 11.3. The van der Waals surface area contributed by atoms with Crippen LogP contribution < -0.4 is 0 Å². The van der Waals surface area contributed by atoms with Gasteiger partial charge in [-0.2, -0.15) is 0 Å². The lowest BCUT2D eigenvalue weighted by molar-refractivity contribution is -0.140. The van der Waals surface area contributed by atoms with Gasteiger partial charge in [-0.05, 0) is 85.1 Å². The first kappa shape index (κ1) is 25.2. The topological polar surface area (TPSA) is 63.6 Å². The quantitative estimate of drug-likeness (QED) is 0.229. The highest BCUT2D eigenvalue weighted by Gasteiger charge is 2.44. The van der Waals surface area contributed by atoms with E-state index >= 15 is 0 Å². The van der Waals surface area contributed by atoms with Crippen molar-refractivity contribution < 1.29 is 19.4 Å². The summed E-state index contributed by atoms with van der Waals surface area (Å²) in [4.78, 5) is 23.7. The predicted octanol–water partition coefficient (Wildman–Crippen LogP) is 7.13. The number of benzene rings is 2. The molecule has 2 aliphatic rings. The number of allylic oxidation sites excluding steroid dienone is 2. The predicted molar refractivity (Wildman–Crippen MR) is 139 cm³/mol. The fourth-order valence-corrected chi connectivity index (χ4v) is 5.57. The van der Waals surface area contributed by atoms with Crippen LogP contribution in [0.5, 0.6) is 0 Å². The minimum absolute atomic E-state index is 0.263. The number of aryl methyl sites for hydroxylation is 2. The van der Waals surface area contributed by atoms with Gasteiger partial charge in [-0.3, -0.25) is 4.79 Å². The van der Waals surface area contributed by atoms with Crippen LogP contribution in [0.25, 0.3) is 0 Å². The van der Waals surface area contributed by atoms with Crippen LogP contribution in [0.15, 0.2) is 66.5 Å². The molecule has 4 nitrogen and oxygen atoms in total. The highest BCUT2D eigenvalue weighted by Crippen LogP contribution is 2.46. The Morgan fingerprint density at radius 1 is 1.06 bits per heavy atom. The van der Waals surface area contributed by atoms with Gasteiger partial charge in [0.25, 0.3) is 0 Å². The third-order valence-electron chi connectivity index (χ3n) is 7.05. The molecule has 184 valence electrons. The Bertz CT molecular complexity index is 1130. The number of alkyl halides is 1. The molecule has 0 fully saturated rings. The Morgan fingerprint density at radius 2 is 1.83 bits per heavy atom. The van der Waals surface area contributed by atoms with E-state index in [0.717, 1.165) is 49.7 Å². The molecule has 5 heteroatoms. The van der Waals surface area contributed by atoms with Crippen LogP contribution in [0.3, 0.4) is 0 Å². The number of fused-ring (bicyclic) bond motifs is 1. The zero-order chi connectivity index (χ0) is 24.8. The van der Waals surface area contributed by atoms with E-state index in [2.05, 4.69) is 13.0 Å². The Balaban J connectivity index is 1.54. The summed E-state index contributed by atoms with van der Waals surface area (Å²) >= 11 is 7.11. The van der Waals surface area contributed by atoms with Crippen molar-refractivity contribution in [3.05, 3.63) is 94.3 Å². The third kappa shape index (κ3) is 5.70. The second-order valence-corrected chi connectivity index (χ2v) is 10.2. The number of halogens is 1. The Kier molecular flexibility index (Phi) is 8.12. The highest BCUT2D eigenvalue weighted by atomic mass is 35.5. The minimum atomic E-state index is -1.33. The first-order valence-corrected chi connectivity index (χ1v) is 13.1. The fraction of sp³-hybridized carbons (Fsp3) is 0.400. The van der Waals surface area contributed by atoms with Crippen LogP contribution >= 0.6 is 11.6 Å². The summed E-state index contributed by atoms with van der Waals surface area (Å²) in [5.41, 5.74) is 4.77. The summed E-state index contributed by atoms with van der Waals surface area (Å²) in [6, 6.07) is 13.4. The number of carboxylic acid groups (broad SMARTS) is 1. The number of unbranched alkanes of at least 4 members (excludes halogenated alkanes) is 3. The van der Waals surface area contributed by atoms with E-state index in [0.29, 0.717) is 5.56 Å². The standard InChI is InChI=1S/C30H33ClO4/c1-2-3-4-5-9-21-14-16-23(17-15-21)29(34)35-24-18-19-27(28(32)33)30(31,20-24)26-13-8-11-22-10-6-7-12-25(22)26/h8,11,13-20,27H,2-7,9-10,12H2,1H3,(H,32,33). The molecule has 4 rings (SSSR count). The average Bonchev–Trinajstić information content (AvgIpc) is 2.86. The molecule has 2 atom stereocenters. The lowest BCUT2D eigenvalue weighted by atomic mass is 9.76. The van der Waals surface area contributed by atoms with E-state index in [1.165, 1.54) is 42.5 Å². The lowest BCUT2D eigenvalue weighted by Crippen LogP contribution is -2.36. The number of carbonyl (C=O) groups excluding carboxylic acids is 1. The van der Waals surface area contributed by atoms with Gasteiger partial charge >= 0.3 is 11.9 Å². The van der Waals surface area contributed by atoms with Crippen molar-refractivity contribution in [1.82, 2.24) is 0 Å². The van der Waals surface area contributed by atoms with E-state index in [9.17, 15) is 14.7 Å². The lowest BCUT2D eigenvalue weighted by Gasteiger charge is -2.35. The zero-order valence-electron chi connectivity index (χ0n) is 20.3. The number of carboxylic acids is 1. The van der Waals surface area contributed by atoms with Crippen LogP contribution in [0, 0.1) is 5.92 Å². The van der Waals surface area contributed by atoms with Gasteiger partial charge in [0, 0.05) is 0 Å². The van der Waals surface area contributed by atoms with E-state index in [4.69, 9.17) is 16.3 Å². The van der Waals surface area contributed by atoms with Crippen molar-refractivity contribution in [1.29, 1.82) is 0 Å². The first-order chi connectivity index (χ1) is 16.9. The molecule has 0 aliphatic heterocycles. The Morgan fingerprint density at radius 3 is 2.57 bits per heavy atom. The highest BCUT2D eigenvalue weighted by molar-refractivity contribution is 6.27. The number of hydrogen-bond acceptors (Lipinski definition) is 3. The molecule has 0 saturated heterocycles. The monoisotopic (exact) mass is 492 g/mol. The molecule has 0 spiro atoms. The molecule has 35 heavy (non-hydrogen) atoms. The molecule has 2 aromatic rings. The molecule has 0 heterocycles. The van der Waals surface area contributed by atoms with Gasteiger partial charge in [-0.25, -0.2) is 4.79 Å². The molecule has 0 bridgehead atoms. The van der Waals surface area contributed by atoms with Crippen molar-refractivity contribution in [3.63, 3.8) is 0 Å². The number of hydrogen-bond donors (Lipinski definition) is 1. The molecule has 2 aromatic carbocycles. The number of aliphatic carboxylic acids is 1. The average molecular weight is 493 g/mol. The van der Waals surface area contributed by atoms with E-state index in [1.54, 1.807) is 18.2 Å². The van der Waals surface area contributed by atoms with Crippen LogP contribution in [-0.2, 0) is 33.7 Å². The van der Waals surface area contributed by atoms with Crippen molar-refractivity contribution in [2.45, 2.75) is 69.6 Å². The van der Waals surface area contributed by atoms with Gasteiger partial charge in [0.2, 0.25) is 0 Å². The molecular formula is C30H33ClO4. The molecular weight excluding hydrogens is 460 g/mol.